The highest BCUT2D eigenvalue weighted by Gasteiger charge is 2.41. The number of methoxy groups -OCH3 is 1. The minimum Gasteiger partial charge on any atom is -0.465 e. The molecule has 0 saturated carbocycles. The van der Waals surface area contributed by atoms with Crippen LogP contribution in [0, 0.1) is 0 Å². The summed E-state index contributed by atoms with van der Waals surface area (Å²) in [7, 11) is 1.35. The molecular formula is C26H25N3O4. The molecular weight excluding hydrogens is 418 g/mol. The smallest absolute Gasteiger partial charge is 0.337 e. The average Bonchev–Trinajstić information content (AvgIpc) is 3.29. The van der Waals surface area contributed by atoms with E-state index < -0.39 is 5.97 Å². The van der Waals surface area contributed by atoms with Crippen LogP contribution >= 0.6 is 0 Å². The largest absolute Gasteiger partial charge is 0.465 e. The molecule has 0 spiro atoms. The lowest BCUT2D eigenvalue weighted by Crippen LogP contribution is -2.33. The Kier molecular flexibility index (Phi) is 4.85. The monoisotopic (exact) mass is 443 g/mol. The number of benzene rings is 2. The van der Waals surface area contributed by atoms with Crippen LogP contribution in [-0.4, -0.2) is 40.9 Å². The highest BCUT2D eigenvalue weighted by Crippen LogP contribution is 2.46. The molecule has 5 rings (SSSR count). The van der Waals surface area contributed by atoms with Crippen molar-refractivity contribution in [3.05, 3.63) is 76.6 Å². The van der Waals surface area contributed by atoms with Crippen LogP contribution in [0.3, 0.4) is 0 Å². The molecule has 7 nitrogen and oxygen atoms in total. The van der Waals surface area contributed by atoms with Crippen LogP contribution < -0.4 is 5.32 Å². The van der Waals surface area contributed by atoms with Crippen LogP contribution in [0.1, 0.15) is 54.2 Å². The van der Waals surface area contributed by atoms with Crippen molar-refractivity contribution in [1.82, 2.24) is 9.47 Å². The van der Waals surface area contributed by atoms with E-state index in [1.54, 1.807) is 12.1 Å². The minimum absolute atomic E-state index is 0.213. The number of carbonyl (C=O) groups is 3. The van der Waals surface area contributed by atoms with Gasteiger partial charge in [0.05, 0.1) is 30.3 Å². The van der Waals surface area contributed by atoms with Gasteiger partial charge in [-0.2, -0.15) is 0 Å². The maximum Gasteiger partial charge on any atom is 0.337 e. The number of nitrogens with zero attached hydrogens (tertiary/aromatic N) is 2. The SMILES string of the molecule is COC(=O)c1ccc([C@@H]2C3=C(CN(C(C)=O)C3=O)Nc3cccc4c3c2cn4C(C)C)cc1. The van der Waals surface area contributed by atoms with Crippen LogP contribution in [0.15, 0.2) is 59.9 Å². The zero-order valence-electron chi connectivity index (χ0n) is 19.0. The second kappa shape index (κ2) is 7.62. The van der Waals surface area contributed by atoms with E-state index in [4.69, 9.17) is 4.74 Å². The number of amides is 2. The van der Waals surface area contributed by atoms with Crippen molar-refractivity contribution in [2.75, 3.05) is 19.0 Å². The predicted octanol–water partition coefficient (Wildman–Crippen LogP) is 4.21. The number of hydrogen-bond donors (Lipinski definition) is 1. The lowest BCUT2D eigenvalue weighted by atomic mass is 9.84. The Balaban J connectivity index is 1.77. The van der Waals surface area contributed by atoms with Gasteiger partial charge in [-0.05, 0) is 49.2 Å². The van der Waals surface area contributed by atoms with Gasteiger partial charge >= 0.3 is 5.97 Å². The molecule has 0 radical (unpaired) electrons. The van der Waals surface area contributed by atoms with Gasteiger partial charge in [-0.15, -0.1) is 0 Å². The molecule has 168 valence electrons. The van der Waals surface area contributed by atoms with Crippen LogP contribution in [0.2, 0.25) is 0 Å². The van der Waals surface area contributed by atoms with E-state index in [2.05, 4.69) is 36.0 Å². The quantitative estimate of drug-likeness (QED) is 0.614. The molecule has 0 aliphatic carbocycles. The van der Waals surface area contributed by atoms with E-state index >= 15 is 0 Å². The van der Waals surface area contributed by atoms with Crippen molar-refractivity contribution in [3.63, 3.8) is 0 Å². The van der Waals surface area contributed by atoms with Crippen LogP contribution in [0.4, 0.5) is 5.69 Å². The fourth-order valence-corrected chi connectivity index (χ4v) is 4.94. The number of carbonyl (C=O) groups excluding carboxylic acids is 3. The molecule has 3 heterocycles. The molecule has 0 bridgehead atoms. The number of rotatable bonds is 3. The summed E-state index contributed by atoms with van der Waals surface area (Å²) in [4.78, 5) is 38.9. The third kappa shape index (κ3) is 3.15. The highest BCUT2D eigenvalue weighted by molar-refractivity contribution is 6.11. The van der Waals surface area contributed by atoms with Crippen LogP contribution in [0.5, 0.6) is 0 Å². The first-order valence-corrected chi connectivity index (χ1v) is 11.0. The van der Waals surface area contributed by atoms with Crippen molar-refractivity contribution >= 4 is 34.4 Å². The second-order valence-electron chi connectivity index (χ2n) is 8.76. The first-order valence-electron chi connectivity index (χ1n) is 11.0. The van der Waals surface area contributed by atoms with Gasteiger partial charge < -0.3 is 14.6 Å². The fourth-order valence-electron chi connectivity index (χ4n) is 4.94. The Bertz CT molecular complexity index is 1350. The van der Waals surface area contributed by atoms with Gasteiger partial charge in [0, 0.05) is 41.9 Å². The number of aromatic nitrogens is 1. The lowest BCUT2D eigenvalue weighted by Gasteiger charge is -2.19. The molecule has 2 aromatic carbocycles. The second-order valence-corrected chi connectivity index (χ2v) is 8.76. The first-order chi connectivity index (χ1) is 15.8. The summed E-state index contributed by atoms with van der Waals surface area (Å²) in [5.41, 5.74) is 5.61. The standard InChI is InChI=1S/C26H25N3O4/c1-14(2)28-12-18-22(16-8-10-17(11-9-16)26(32)33-4)24-20(13-29(15(3)30)25(24)31)27-19-6-5-7-21(28)23(18)19/h5-12,14,22,27H,13H2,1-4H3/t22-/m0/s1. The Morgan fingerprint density at radius 2 is 1.85 bits per heavy atom. The zero-order valence-corrected chi connectivity index (χ0v) is 19.0. The molecule has 0 fully saturated rings. The van der Waals surface area contributed by atoms with Gasteiger partial charge in [-0.1, -0.05) is 18.2 Å². The third-order valence-electron chi connectivity index (χ3n) is 6.49. The molecule has 1 atom stereocenters. The van der Waals surface area contributed by atoms with Crippen molar-refractivity contribution < 1.29 is 19.1 Å². The van der Waals surface area contributed by atoms with Gasteiger partial charge in [-0.3, -0.25) is 14.5 Å². The van der Waals surface area contributed by atoms with Crippen molar-refractivity contribution in [2.24, 2.45) is 0 Å². The van der Waals surface area contributed by atoms with E-state index in [-0.39, 0.29) is 30.3 Å². The van der Waals surface area contributed by atoms with E-state index in [0.29, 0.717) is 11.1 Å². The van der Waals surface area contributed by atoms with Crippen molar-refractivity contribution in [2.45, 2.75) is 32.7 Å². The molecule has 7 heteroatoms. The number of hydrogen-bond acceptors (Lipinski definition) is 5. The normalized spacial score (nSPS) is 17.3. The summed E-state index contributed by atoms with van der Waals surface area (Å²) in [6, 6.07) is 13.5. The molecule has 0 unspecified atom stereocenters. The molecule has 1 aromatic heterocycles. The summed E-state index contributed by atoms with van der Waals surface area (Å²) in [5, 5.41) is 4.53. The molecule has 2 aliphatic heterocycles. The molecule has 2 aliphatic rings. The Morgan fingerprint density at radius 1 is 1.12 bits per heavy atom. The first kappa shape index (κ1) is 21.0. The Hall–Kier alpha value is -3.87. The van der Waals surface area contributed by atoms with Crippen LogP contribution in [0.25, 0.3) is 10.9 Å². The van der Waals surface area contributed by atoms with E-state index in [1.807, 2.05) is 24.3 Å². The number of imide groups is 1. The van der Waals surface area contributed by atoms with E-state index in [1.165, 1.54) is 18.9 Å². The van der Waals surface area contributed by atoms with Gasteiger partial charge in [-0.25, -0.2) is 4.79 Å². The Labute approximate surface area is 191 Å². The Morgan fingerprint density at radius 3 is 2.48 bits per heavy atom. The number of nitrogens with one attached hydrogen (secondary N) is 1. The van der Waals surface area contributed by atoms with Gasteiger partial charge in [0.2, 0.25) is 5.91 Å². The maximum absolute atomic E-state index is 13.5. The fraction of sp³-hybridized carbons (Fsp3) is 0.269. The lowest BCUT2D eigenvalue weighted by molar-refractivity contribution is -0.139. The number of esters is 1. The summed E-state index contributed by atoms with van der Waals surface area (Å²) < 4.78 is 7.04. The molecule has 3 aromatic rings. The highest BCUT2D eigenvalue weighted by atomic mass is 16.5. The summed E-state index contributed by atoms with van der Waals surface area (Å²) in [5.74, 6) is -1.37. The summed E-state index contributed by atoms with van der Waals surface area (Å²) in [6.07, 6.45) is 2.11. The predicted molar refractivity (Wildman–Crippen MR) is 125 cm³/mol. The number of anilines is 1. The van der Waals surface area contributed by atoms with Gasteiger partial charge in [0.25, 0.3) is 5.91 Å². The molecule has 2 amide bonds. The summed E-state index contributed by atoms with van der Waals surface area (Å²) >= 11 is 0. The summed E-state index contributed by atoms with van der Waals surface area (Å²) in [6.45, 7) is 5.87. The van der Waals surface area contributed by atoms with E-state index in [0.717, 1.165) is 33.4 Å². The topological polar surface area (TPSA) is 80.6 Å². The van der Waals surface area contributed by atoms with Gasteiger partial charge in [0.15, 0.2) is 0 Å². The molecule has 0 saturated heterocycles. The van der Waals surface area contributed by atoms with Crippen molar-refractivity contribution in [3.8, 4) is 0 Å². The zero-order chi connectivity index (χ0) is 23.4. The molecule has 1 N–H and O–H groups in total. The average molecular weight is 444 g/mol. The molecule has 33 heavy (non-hydrogen) atoms. The third-order valence-corrected chi connectivity index (χ3v) is 6.49. The number of ether oxygens (including phenoxy) is 1. The minimum atomic E-state index is -0.414. The van der Waals surface area contributed by atoms with Gasteiger partial charge in [0.1, 0.15) is 0 Å². The van der Waals surface area contributed by atoms with Crippen molar-refractivity contribution in [1.29, 1.82) is 0 Å². The van der Waals surface area contributed by atoms with Crippen LogP contribution in [-0.2, 0) is 14.3 Å². The van der Waals surface area contributed by atoms with E-state index in [9.17, 15) is 14.4 Å². The maximum atomic E-state index is 13.5.